The lowest BCUT2D eigenvalue weighted by molar-refractivity contribution is -0.0368. The molecule has 1 aromatic heterocycles. The number of halogens is 3. The highest BCUT2D eigenvalue weighted by atomic mass is 79.9. The van der Waals surface area contributed by atoms with E-state index < -0.39 is 5.92 Å². The van der Waals surface area contributed by atoms with Gasteiger partial charge in [0.2, 0.25) is 0 Å². The quantitative estimate of drug-likeness (QED) is 0.851. The number of nitrogens with zero attached hydrogens (tertiary/aromatic N) is 2. The zero-order valence-corrected chi connectivity index (χ0v) is 11.3. The molecular weight excluding hydrogens is 290 g/mol. The van der Waals surface area contributed by atoms with Crippen LogP contribution in [-0.2, 0) is 5.92 Å². The van der Waals surface area contributed by atoms with Gasteiger partial charge in [-0.1, -0.05) is 0 Å². The Kier molecular flexibility index (Phi) is 3.78. The fraction of sp³-hybridized carbons (Fsp3) is 0.583. The van der Waals surface area contributed by atoms with Gasteiger partial charge < -0.3 is 0 Å². The number of hydrogen-bond acceptors (Lipinski definition) is 2. The summed E-state index contributed by atoms with van der Waals surface area (Å²) in [6.07, 6.45) is 2.03. The summed E-state index contributed by atoms with van der Waals surface area (Å²) in [6.45, 7) is 3.04. The van der Waals surface area contributed by atoms with E-state index in [0.717, 1.165) is 30.4 Å². The number of pyridine rings is 1. The molecule has 1 aromatic rings. The first-order chi connectivity index (χ1) is 7.99. The molecule has 1 aliphatic heterocycles. The summed E-state index contributed by atoms with van der Waals surface area (Å²) in [5.41, 5.74) is 0.466. The molecule has 0 saturated carbocycles. The Bertz CT molecular complexity index is 403. The third-order valence-corrected chi connectivity index (χ3v) is 3.86. The van der Waals surface area contributed by atoms with E-state index in [9.17, 15) is 8.78 Å². The van der Waals surface area contributed by atoms with E-state index in [1.165, 1.54) is 6.07 Å². The summed E-state index contributed by atoms with van der Waals surface area (Å²) in [5.74, 6) is -2.87. The molecule has 0 amide bonds. The van der Waals surface area contributed by atoms with Gasteiger partial charge in [-0.05, 0) is 60.9 Å². The molecule has 17 heavy (non-hydrogen) atoms. The first-order valence-corrected chi connectivity index (χ1v) is 6.52. The lowest BCUT2D eigenvalue weighted by Gasteiger charge is -2.22. The van der Waals surface area contributed by atoms with Crippen molar-refractivity contribution in [3.63, 3.8) is 0 Å². The van der Waals surface area contributed by atoms with Gasteiger partial charge in [-0.2, -0.15) is 8.78 Å². The first-order valence-electron chi connectivity index (χ1n) is 5.73. The molecule has 1 aliphatic rings. The van der Waals surface area contributed by atoms with Gasteiger partial charge in [0.15, 0.2) is 0 Å². The van der Waals surface area contributed by atoms with Crippen LogP contribution in [-0.4, -0.2) is 29.5 Å². The average Bonchev–Trinajstić information content (AvgIpc) is 2.73. The molecule has 0 bridgehead atoms. The lowest BCUT2D eigenvalue weighted by Crippen LogP contribution is -2.34. The molecule has 0 N–H and O–H groups in total. The van der Waals surface area contributed by atoms with Crippen LogP contribution in [0.25, 0.3) is 0 Å². The average molecular weight is 305 g/mol. The van der Waals surface area contributed by atoms with Gasteiger partial charge in [-0.25, -0.2) is 0 Å². The van der Waals surface area contributed by atoms with Gasteiger partial charge in [0.1, 0.15) is 5.69 Å². The number of aryl methyl sites for hydroxylation is 1. The third-order valence-electron chi connectivity index (χ3n) is 3.02. The number of aromatic nitrogens is 1. The maximum atomic E-state index is 14.0. The molecule has 0 unspecified atom stereocenters. The first kappa shape index (κ1) is 12.9. The van der Waals surface area contributed by atoms with Crippen LogP contribution in [0.15, 0.2) is 16.6 Å². The Labute approximate surface area is 108 Å². The molecular formula is C12H15BrF2N2. The Morgan fingerprint density at radius 2 is 2.00 bits per heavy atom. The number of rotatable bonds is 3. The standard InChI is InChI=1S/C12H15BrF2N2/c1-9-10(13)4-5-11(16-9)12(14,15)8-17-6-2-3-7-17/h4-5H,2-3,6-8H2,1H3. The van der Waals surface area contributed by atoms with Crippen LogP contribution in [0.5, 0.6) is 0 Å². The maximum absolute atomic E-state index is 14.0. The Morgan fingerprint density at radius 3 is 2.59 bits per heavy atom. The highest BCUT2D eigenvalue weighted by Gasteiger charge is 2.36. The molecule has 0 aliphatic carbocycles. The summed E-state index contributed by atoms with van der Waals surface area (Å²) in [4.78, 5) is 5.77. The monoisotopic (exact) mass is 304 g/mol. The van der Waals surface area contributed by atoms with Crippen LogP contribution in [0.3, 0.4) is 0 Å². The molecule has 2 nitrogen and oxygen atoms in total. The number of alkyl halides is 2. The van der Waals surface area contributed by atoms with Crippen LogP contribution in [0.4, 0.5) is 8.78 Å². The van der Waals surface area contributed by atoms with Crippen molar-refractivity contribution in [2.45, 2.75) is 25.7 Å². The molecule has 94 valence electrons. The van der Waals surface area contributed by atoms with Crippen molar-refractivity contribution >= 4 is 15.9 Å². The van der Waals surface area contributed by atoms with Gasteiger partial charge in [0.05, 0.1) is 12.2 Å². The SMILES string of the molecule is Cc1nc(C(F)(F)CN2CCCC2)ccc1Br. The van der Waals surface area contributed by atoms with Crippen molar-refractivity contribution in [2.75, 3.05) is 19.6 Å². The molecule has 0 aromatic carbocycles. The van der Waals surface area contributed by atoms with Crippen molar-refractivity contribution in [1.82, 2.24) is 9.88 Å². The van der Waals surface area contributed by atoms with Gasteiger partial charge in [-0.3, -0.25) is 9.88 Å². The summed E-state index contributed by atoms with van der Waals surface area (Å²) < 4.78 is 28.8. The Balaban J connectivity index is 2.14. The fourth-order valence-electron chi connectivity index (χ4n) is 2.05. The molecule has 2 rings (SSSR count). The minimum atomic E-state index is -2.87. The normalized spacial score (nSPS) is 17.6. The van der Waals surface area contributed by atoms with Crippen molar-refractivity contribution in [1.29, 1.82) is 0 Å². The zero-order valence-electron chi connectivity index (χ0n) is 9.72. The van der Waals surface area contributed by atoms with Crippen LogP contribution >= 0.6 is 15.9 Å². The zero-order chi connectivity index (χ0) is 12.5. The van der Waals surface area contributed by atoms with Gasteiger partial charge in [0.25, 0.3) is 0 Å². The van der Waals surface area contributed by atoms with Crippen LogP contribution < -0.4 is 0 Å². The smallest absolute Gasteiger partial charge is 0.297 e. The van der Waals surface area contributed by atoms with E-state index in [1.54, 1.807) is 17.9 Å². The molecule has 1 fully saturated rings. The minimum absolute atomic E-state index is 0.134. The molecule has 2 heterocycles. The van der Waals surface area contributed by atoms with E-state index >= 15 is 0 Å². The van der Waals surface area contributed by atoms with E-state index in [-0.39, 0.29) is 12.2 Å². The summed E-state index contributed by atoms with van der Waals surface area (Å²) >= 11 is 3.27. The Morgan fingerprint density at radius 1 is 1.35 bits per heavy atom. The summed E-state index contributed by atoms with van der Waals surface area (Å²) in [7, 11) is 0. The van der Waals surface area contributed by atoms with Gasteiger partial charge in [0, 0.05) is 4.47 Å². The van der Waals surface area contributed by atoms with Crippen molar-refractivity contribution in [3.8, 4) is 0 Å². The third kappa shape index (κ3) is 3.01. The molecule has 1 saturated heterocycles. The second-order valence-electron chi connectivity index (χ2n) is 4.45. The molecule has 5 heteroatoms. The van der Waals surface area contributed by atoms with E-state index in [0.29, 0.717) is 5.69 Å². The highest BCUT2D eigenvalue weighted by Crippen LogP contribution is 2.30. The summed E-state index contributed by atoms with van der Waals surface area (Å²) in [5, 5.41) is 0. The topological polar surface area (TPSA) is 16.1 Å². The highest BCUT2D eigenvalue weighted by molar-refractivity contribution is 9.10. The summed E-state index contributed by atoms with van der Waals surface area (Å²) in [6, 6.07) is 3.03. The van der Waals surface area contributed by atoms with Crippen LogP contribution in [0.2, 0.25) is 0 Å². The molecule has 0 spiro atoms. The van der Waals surface area contributed by atoms with Gasteiger partial charge >= 0.3 is 5.92 Å². The van der Waals surface area contributed by atoms with Gasteiger partial charge in [-0.15, -0.1) is 0 Å². The minimum Gasteiger partial charge on any atom is -0.297 e. The Hall–Kier alpha value is -0.550. The lowest BCUT2D eigenvalue weighted by atomic mass is 10.2. The van der Waals surface area contributed by atoms with Crippen molar-refractivity contribution in [2.24, 2.45) is 0 Å². The second-order valence-corrected chi connectivity index (χ2v) is 5.31. The predicted octanol–water partition coefficient (Wildman–Crippen LogP) is 3.34. The second kappa shape index (κ2) is 4.98. The predicted molar refractivity (Wildman–Crippen MR) is 66.2 cm³/mol. The molecule has 0 atom stereocenters. The maximum Gasteiger partial charge on any atom is 0.302 e. The van der Waals surface area contributed by atoms with Crippen LogP contribution in [0.1, 0.15) is 24.2 Å². The number of likely N-dealkylation sites (tertiary alicyclic amines) is 1. The van der Waals surface area contributed by atoms with E-state index in [2.05, 4.69) is 20.9 Å². The largest absolute Gasteiger partial charge is 0.302 e. The fourth-order valence-corrected chi connectivity index (χ4v) is 2.27. The molecule has 0 radical (unpaired) electrons. The van der Waals surface area contributed by atoms with Crippen LogP contribution in [0, 0.1) is 6.92 Å². The van der Waals surface area contributed by atoms with Crippen molar-refractivity contribution in [3.05, 3.63) is 28.0 Å². The van der Waals surface area contributed by atoms with E-state index in [4.69, 9.17) is 0 Å². The van der Waals surface area contributed by atoms with E-state index in [1.807, 2.05) is 0 Å². The van der Waals surface area contributed by atoms with Crippen molar-refractivity contribution < 1.29 is 8.78 Å². The number of hydrogen-bond donors (Lipinski definition) is 0.